The second-order valence-corrected chi connectivity index (χ2v) is 3.84. The van der Waals surface area contributed by atoms with Crippen molar-refractivity contribution in [2.45, 2.75) is 32.3 Å². The van der Waals surface area contributed by atoms with E-state index >= 15 is 0 Å². The third-order valence-electron chi connectivity index (χ3n) is 2.31. The Bertz CT molecular complexity index is 282. The lowest BCUT2D eigenvalue weighted by Crippen LogP contribution is -2.21. The van der Waals surface area contributed by atoms with Gasteiger partial charge in [-0.3, -0.25) is 4.79 Å². The van der Waals surface area contributed by atoms with Crippen LogP contribution in [0, 0.1) is 0 Å². The van der Waals surface area contributed by atoms with Crippen LogP contribution in [0.5, 0.6) is 0 Å². The third-order valence-corrected chi connectivity index (χ3v) is 2.31. The highest BCUT2D eigenvalue weighted by atomic mass is 16.3. The summed E-state index contributed by atoms with van der Waals surface area (Å²) < 4.78 is 0. The molecule has 1 aliphatic heterocycles. The molecule has 0 saturated heterocycles. The van der Waals surface area contributed by atoms with Crippen LogP contribution in [0.25, 0.3) is 0 Å². The molecule has 0 fully saturated rings. The molecule has 1 unspecified atom stereocenters. The number of amides is 1. The highest BCUT2D eigenvalue weighted by molar-refractivity contribution is 5.92. The van der Waals surface area contributed by atoms with Crippen molar-refractivity contribution < 1.29 is 9.90 Å². The van der Waals surface area contributed by atoms with E-state index in [9.17, 15) is 4.79 Å². The molecule has 0 aliphatic carbocycles. The number of nitrogens with zero attached hydrogens (tertiary/aromatic N) is 1. The van der Waals surface area contributed by atoms with Crippen molar-refractivity contribution in [1.29, 1.82) is 0 Å². The lowest BCUT2D eigenvalue weighted by Gasteiger charge is -2.20. The number of primary amides is 1. The molecule has 15 heavy (non-hydrogen) atoms. The third kappa shape index (κ3) is 4.16. The Morgan fingerprint density at radius 3 is 3.07 bits per heavy atom. The van der Waals surface area contributed by atoms with Crippen LogP contribution in [0.3, 0.4) is 0 Å². The lowest BCUT2D eigenvalue weighted by atomic mass is 10.1. The summed E-state index contributed by atoms with van der Waals surface area (Å²) in [6.45, 7) is 2.58. The molecule has 0 aromatic rings. The van der Waals surface area contributed by atoms with Gasteiger partial charge >= 0.3 is 0 Å². The highest BCUT2D eigenvalue weighted by Crippen LogP contribution is 2.12. The standard InChI is InChI=1S/C11H18N2O2/c1-9(14)4-2-6-13-7-3-5-10(8-13)11(12)15/h3,7-9,14H,2,4-6H2,1H3,(H2,12,15). The van der Waals surface area contributed by atoms with E-state index in [0.717, 1.165) is 19.4 Å². The van der Waals surface area contributed by atoms with Gasteiger partial charge in [0.05, 0.1) is 6.10 Å². The highest BCUT2D eigenvalue weighted by Gasteiger charge is 2.09. The monoisotopic (exact) mass is 210 g/mol. The van der Waals surface area contributed by atoms with Crippen molar-refractivity contribution in [3.63, 3.8) is 0 Å². The molecule has 1 amide bonds. The molecule has 0 saturated carbocycles. The average Bonchev–Trinajstić information content (AvgIpc) is 2.17. The van der Waals surface area contributed by atoms with Gasteiger partial charge in [0.1, 0.15) is 0 Å². The van der Waals surface area contributed by atoms with Gasteiger partial charge < -0.3 is 15.7 Å². The van der Waals surface area contributed by atoms with Crippen LogP contribution in [-0.2, 0) is 4.79 Å². The van der Waals surface area contributed by atoms with Crippen LogP contribution in [0.4, 0.5) is 0 Å². The summed E-state index contributed by atoms with van der Waals surface area (Å²) in [5, 5.41) is 9.10. The fraction of sp³-hybridized carbons (Fsp3) is 0.545. The molecule has 0 aromatic carbocycles. The first-order chi connectivity index (χ1) is 7.09. The van der Waals surface area contributed by atoms with Crippen LogP contribution >= 0.6 is 0 Å². The molecule has 4 nitrogen and oxygen atoms in total. The SMILES string of the molecule is CC(O)CCCN1C=CCC(C(N)=O)=C1. The molecule has 1 heterocycles. The molecule has 0 aromatic heterocycles. The molecule has 0 radical (unpaired) electrons. The van der Waals surface area contributed by atoms with Crippen LogP contribution in [0.1, 0.15) is 26.2 Å². The molecular weight excluding hydrogens is 192 g/mol. The van der Waals surface area contributed by atoms with Crippen LogP contribution < -0.4 is 5.73 Å². The smallest absolute Gasteiger partial charge is 0.246 e. The first-order valence-corrected chi connectivity index (χ1v) is 5.20. The van der Waals surface area contributed by atoms with Crippen LogP contribution in [0.15, 0.2) is 24.0 Å². The van der Waals surface area contributed by atoms with Gasteiger partial charge in [0, 0.05) is 18.3 Å². The fourth-order valence-electron chi connectivity index (χ4n) is 1.48. The topological polar surface area (TPSA) is 66.6 Å². The van der Waals surface area contributed by atoms with Gasteiger partial charge in [-0.25, -0.2) is 0 Å². The second-order valence-electron chi connectivity index (χ2n) is 3.84. The van der Waals surface area contributed by atoms with E-state index < -0.39 is 0 Å². The van der Waals surface area contributed by atoms with E-state index in [0.29, 0.717) is 12.0 Å². The normalized spacial score (nSPS) is 17.5. The van der Waals surface area contributed by atoms with E-state index in [4.69, 9.17) is 10.8 Å². The van der Waals surface area contributed by atoms with Gasteiger partial charge in [0.25, 0.3) is 0 Å². The zero-order valence-corrected chi connectivity index (χ0v) is 9.02. The van der Waals surface area contributed by atoms with E-state index in [1.165, 1.54) is 0 Å². The Kier molecular flexibility index (Phi) is 4.37. The maximum Gasteiger partial charge on any atom is 0.246 e. The quantitative estimate of drug-likeness (QED) is 0.703. The minimum Gasteiger partial charge on any atom is -0.393 e. The molecule has 0 spiro atoms. The Morgan fingerprint density at radius 1 is 1.73 bits per heavy atom. The van der Waals surface area contributed by atoms with E-state index in [2.05, 4.69) is 0 Å². The summed E-state index contributed by atoms with van der Waals surface area (Å²) in [5.41, 5.74) is 5.83. The summed E-state index contributed by atoms with van der Waals surface area (Å²) in [6.07, 6.45) is 7.65. The summed E-state index contributed by atoms with van der Waals surface area (Å²) >= 11 is 0. The number of carbonyl (C=O) groups excluding carboxylic acids is 1. The van der Waals surface area contributed by atoms with Gasteiger partial charge in [0.15, 0.2) is 0 Å². The summed E-state index contributed by atoms with van der Waals surface area (Å²) in [4.78, 5) is 12.9. The summed E-state index contributed by atoms with van der Waals surface area (Å²) in [5.74, 6) is -0.361. The van der Waals surface area contributed by atoms with Gasteiger partial charge in [0.2, 0.25) is 5.91 Å². The number of aliphatic hydroxyl groups excluding tert-OH is 1. The Hall–Kier alpha value is -1.29. The summed E-state index contributed by atoms with van der Waals surface area (Å²) in [6, 6.07) is 0. The molecule has 4 heteroatoms. The van der Waals surface area contributed by atoms with E-state index in [1.54, 1.807) is 13.1 Å². The number of carbonyl (C=O) groups is 1. The second kappa shape index (κ2) is 5.56. The van der Waals surface area contributed by atoms with Crippen molar-refractivity contribution in [2.24, 2.45) is 5.73 Å². The largest absolute Gasteiger partial charge is 0.393 e. The molecule has 0 bridgehead atoms. The average molecular weight is 210 g/mol. The van der Waals surface area contributed by atoms with Gasteiger partial charge in [-0.05, 0) is 32.4 Å². The fourth-order valence-corrected chi connectivity index (χ4v) is 1.48. The molecule has 84 valence electrons. The van der Waals surface area contributed by atoms with Gasteiger partial charge in [-0.1, -0.05) is 6.08 Å². The summed E-state index contributed by atoms with van der Waals surface area (Å²) in [7, 11) is 0. The Morgan fingerprint density at radius 2 is 2.47 bits per heavy atom. The number of aliphatic hydroxyl groups is 1. The molecule has 1 atom stereocenters. The number of allylic oxidation sites excluding steroid dienone is 1. The van der Waals surface area contributed by atoms with Crippen molar-refractivity contribution in [2.75, 3.05) is 6.54 Å². The Labute approximate surface area is 90.1 Å². The maximum absolute atomic E-state index is 10.9. The minimum absolute atomic E-state index is 0.265. The van der Waals surface area contributed by atoms with Gasteiger partial charge in [-0.15, -0.1) is 0 Å². The maximum atomic E-state index is 10.9. The number of hydrogen-bond donors (Lipinski definition) is 2. The predicted molar refractivity (Wildman–Crippen MR) is 58.7 cm³/mol. The van der Waals surface area contributed by atoms with Crippen molar-refractivity contribution >= 4 is 5.91 Å². The minimum atomic E-state index is -0.361. The van der Waals surface area contributed by atoms with Crippen molar-refractivity contribution in [1.82, 2.24) is 4.90 Å². The zero-order valence-electron chi connectivity index (χ0n) is 9.02. The predicted octanol–water partition coefficient (Wildman–Crippen LogP) is 0.736. The van der Waals surface area contributed by atoms with Crippen molar-refractivity contribution in [3.8, 4) is 0 Å². The van der Waals surface area contributed by atoms with Gasteiger partial charge in [-0.2, -0.15) is 0 Å². The molecule has 1 aliphatic rings. The lowest BCUT2D eigenvalue weighted by molar-refractivity contribution is -0.114. The molecular formula is C11H18N2O2. The first kappa shape index (κ1) is 11.8. The molecule has 3 N–H and O–H groups in total. The first-order valence-electron chi connectivity index (χ1n) is 5.20. The molecule has 1 rings (SSSR count). The van der Waals surface area contributed by atoms with Crippen LogP contribution in [-0.4, -0.2) is 28.6 Å². The van der Waals surface area contributed by atoms with E-state index in [-0.39, 0.29) is 12.0 Å². The number of hydrogen-bond acceptors (Lipinski definition) is 3. The van der Waals surface area contributed by atoms with Crippen LogP contribution in [0.2, 0.25) is 0 Å². The number of nitrogens with two attached hydrogens (primary N) is 1. The zero-order chi connectivity index (χ0) is 11.3. The Balaban J connectivity index is 2.38. The van der Waals surface area contributed by atoms with E-state index in [1.807, 2.05) is 17.2 Å². The number of rotatable bonds is 5. The van der Waals surface area contributed by atoms with Crippen molar-refractivity contribution in [3.05, 3.63) is 24.0 Å².